The fraction of sp³-hybridized carbons (Fsp3) is 0.421. The Hall–Kier alpha value is -2.09. The summed E-state index contributed by atoms with van der Waals surface area (Å²) >= 11 is 12.0. The Labute approximate surface area is 172 Å². The van der Waals surface area contributed by atoms with Crippen molar-refractivity contribution in [3.8, 4) is 0 Å². The standard InChI is InChI=1S/C19H20Cl2N4O3/c20-16-4-3-13(8-17(16)21)25-6-5-15(19(25)27)18(26)23-12-9-22-24(10-12)11-14-2-1-7-28-14/h3-4,8-10,14-15H,1-2,5-7,11H2,(H,23,26). The van der Waals surface area contributed by atoms with Gasteiger partial charge in [0.25, 0.3) is 0 Å². The topological polar surface area (TPSA) is 76.5 Å². The number of carbonyl (C=O) groups is 2. The van der Waals surface area contributed by atoms with E-state index in [1.54, 1.807) is 40.2 Å². The molecule has 2 amide bonds. The Morgan fingerprint density at radius 3 is 2.89 bits per heavy atom. The van der Waals surface area contributed by atoms with Gasteiger partial charge in [-0.1, -0.05) is 23.2 Å². The second-order valence-corrected chi connectivity index (χ2v) is 7.82. The van der Waals surface area contributed by atoms with Gasteiger partial charge in [-0.25, -0.2) is 0 Å². The molecule has 2 aromatic rings. The van der Waals surface area contributed by atoms with Crippen LogP contribution in [0.4, 0.5) is 11.4 Å². The molecule has 9 heteroatoms. The van der Waals surface area contributed by atoms with E-state index in [2.05, 4.69) is 10.4 Å². The Kier molecular flexibility index (Phi) is 5.57. The van der Waals surface area contributed by atoms with Gasteiger partial charge in [-0.2, -0.15) is 5.10 Å². The molecule has 0 radical (unpaired) electrons. The molecule has 0 bridgehead atoms. The Bertz CT molecular complexity index is 895. The number of rotatable bonds is 5. The number of amides is 2. The number of ether oxygens (including phenoxy) is 1. The van der Waals surface area contributed by atoms with Crippen LogP contribution in [0.25, 0.3) is 0 Å². The summed E-state index contributed by atoms with van der Waals surface area (Å²) in [5.74, 6) is -1.32. The van der Waals surface area contributed by atoms with E-state index < -0.39 is 5.92 Å². The minimum Gasteiger partial charge on any atom is -0.376 e. The van der Waals surface area contributed by atoms with Crippen LogP contribution in [0, 0.1) is 5.92 Å². The van der Waals surface area contributed by atoms with Crippen molar-refractivity contribution in [3.05, 3.63) is 40.6 Å². The van der Waals surface area contributed by atoms with Crippen LogP contribution in [0.15, 0.2) is 30.6 Å². The lowest BCUT2D eigenvalue weighted by Crippen LogP contribution is -2.33. The zero-order chi connectivity index (χ0) is 19.7. The average Bonchev–Trinajstić information content (AvgIpc) is 3.40. The molecule has 4 rings (SSSR count). The van der Waals surface area contributed by atoms with Crippen molar-refractivity contribution in [1.29, 1.82) is 0 Å². The lowest BCUT2D eigenvalue weighted by atomic mass is 10.1. The van der Waals surface area contributed by atoms with Crippen LogP contribution in [-0.2, 0) is 20.9 Å². The molecule has 28 heavy (non-hydrogen) atoms. The highest BCUT2D eigenvalue weighted by atomic mass is 35.5. The van der Waals surface area contributed by atoms with Gasteiger partial charge >= 0.3 is 0 Å². The maximum absolute atomic E-state index is 12.7. The van der Waals surface area contributed by atoms with Crippen molar-refractivity contribution < 1.29 is 14.3 Å². The first-order valence-electron chi connectivity index (χ1n) is 9.22. The summed E-state index contributed by atoms with van der Waals surface area (Å²) in [6, 6.07) is 5.00. The number of aromatic nitrogens is 2. The van der Waals surface area contributed by atoms with E-state index in [1.807, 2.05) is 0 Å². The maximum Gasteiger partial charge on any atom is 0.239 e. The summed E-state index contributed by atoms with van der Waals surface area (Å²) in [5, 5.41) is 7.85. The lowest BCUT2D eigenvalue weighted by Gasteiger charge is -2.17. The van der Waals surface area contributed by atoms with E-state index in [9.17, 15) is 9.59 Å². The van der Waals surface area contributed by atoms with E-state index in [1.165, 1.54) is 0 Å². The van der Waals surface area contributed by atoms with Crippen molar-refractivity contribution in [3.63, 3.8) is 0 Å². The van der Waals surface area contributed by atoms with Gasteiger partial charge in [-0.3, -0.25) is 14.3 Å². The molecule has 2 atom stereocenters. The van der Waals surface area contributed by atoms with Crippen LogP contribution >= 0.6 is 23.2 Å². The minimum absolute atomic E-state index is 0.166. The van der Waals surface area contributed by atoms with Crippen LogP contribution in [-0.4, -0.2) is 40.9 Å². The molecular formula is C19H20Cl2N4O3. The lowest BCUT2D eigenvalue weighted by molar-refractivity contribution is -0.129. The van der Waals surface area contributed by atoms with Gasteiger partial charge in [0.1, 0.15) is 5.92 Å². The van der Waals surface area contributed by atoms with Crippen LogP contribution in [0.1, 0.15) is 19.3 Å². The van der Waals surface area contributed by atoms with Crippen molar-refractivity contribution in [2.24, 2.45) is 5.92 Å². The number of hydrogen-bond acceptors (Lipinski definition) is 4. The number of anilines is 2. The number of halogens is 2. The summed E-state index contributed by atoms with van der Waals surface area (Å²) in [6.07, 6.45) is 6.03. The van der Waals surface area contributed by atoms with Gasteiger partial charge in [0.2, 0.25) is 11.8 Å². The third kappa shape index (κ3) is 4.01. The number of nitrogens with one attached hydrogen (secondary N) is 1. The van der Waals surface area contributed by atoms with Crippen molar-refractivity contribution in [1.82, 2.24) is 9.78 Å². The molecule has 2 fully saturated rings. The second kappa shape index (κ2) is 8.11. The summed E-state index contributed by atoms with van der Waals surface area (Å²) in [6.45, 7) is 1.89. The molecule has 1 aromatic heterocycles. The molecule has 0 saturated carbocycles. The smallest absolute Gasteiger partial charge is 0.239 e. The summed E-state index contributed by atoms with van der Waals surface area (Å²) in [4.78, 5) is 26.9. The molecule has 1 N–H and O–H groups in total. The quantitative estimate of drug-likeness (QED) is 0.749. The number of benzene rings is 1. The van der Waals surface area contributed by atoms with E-state index in [4.69, 9.17) is 27.9 Å². The van der Waals surface area contributed by atoms with Gasteiger partial charge in [-0.15, -0.1) is 0 Å². The second-order valence-electron chi connectivity index (χ2n) is 7.00. The summed E-state index contributed by atoms with van der Waals surface area (Å²) in [7, 11) is 0. The highest BCUT2D eigenvalue weighted by Gasteiger charge is 2.38. The molecule has 2 aliphatic heterocycles. The Morgan fingerprint density at radius 2 is 2.14 bits per heavy atom. The van der Waals surface area contributed by atoms with Crippen LogP contribution in [0.5, 0.6) is 0 Å². The van der Waals surface area contributed by atoms with Crippen molar-refractivity contribution in [2.75, 3.05) is 23.4 Å². The fourth-order valence-electron chi connectivity index (χ4n) is 3.59. The highest BCUT2D eigenvalue weighted by Crippen LogP contribution is 2.31. The van der Waals surface area contributed by atoms with Gasteiger partial charge < -0.3 is 15.0 Å². The molecule has 2 aliphatic rings. The summed E-state index contributed by atoms with van der Waals surface area (Å²) < 4.78 is 7.35. The van der Waals surface area contributed by atoms with Gasteiger partial charge in [0.05, 0.1) is 34.6 Å². The van der Waals surface area contributed by atoms with Crippen LogP contribution in [0.2, 0.25) is 10.0 Å². The molecule has 7 nitrogen and oxygen atoms in total. The van der Waals surface area contributed by atoms with Gasteiger partial charge in [-0.05, 0) is 37.5 Å². The number of carbonyl (C=O) groups excluding carboxylic acids is 2. The molecule has 2 unspecified atom stereocenters. The first-order chi connectivity index (χ1) is 13.5. The minimum atomic E-state index is -0.740. The molecule has 2 saturated heterocycles. The first-order valence-corrected chi connectivity index (χ1v) is 9.98. The van der Waals surface area contributed by atoms with E-state index >= 15 is 0 Å². The largest absolute Gasteiger partial charge is 0.376 e. The molecule has 0 aliphatic carbocycles. The Morgan fingerprint density at radius 1 is 1.29 bits per heavy atom. The number of nitrogens with zero attached hydrogens (tertiary/aromatic N) is 3. The zero-order valence-electron chi connectivity index (χ0n) is 15.1. The zero-order valence-corrected chi connectivity index (χ0v) is 16.6. The molecular weight excluding hydrogens is 403 g/mol. The third-order valence-electron chi connectivity index (χ3n) is 5.05. The summed E-state index contributed by atoms with van der Waals surface area (Å²) in [5.41, 5.74) is 1.21. The predicted molar refractivity (Wildman–Crippen MR) is 107 cm³/mol. The maximum atomic E-state index is 12.7. The number of hydrogen-bond donors (Lipinski definition) is 1. The Balaban J connectivity index is 1.38. The SMILES string of the molecule is O=C(Nc1cnn(CC2CCCO2)c1)C1CCN(c2ccc(Cl)c(Cl)c2)C1=O. The molecule has 0 spiro atoms. The molecule has 1 aromatic carbocycles. The predicted octanol–water partition coefficient (Wildman–Crippen LogP) is 3.36. The van der Waals surface area contributed by atoms with Gasteiger partial charge in [0, 0.05) is 25.0 Å². The van der Waals surface area contributed by atoms with Crippen LogP contribution < -0.4 is 10.2 Å². The van der Waals surface area contributed by atoms with E-state index in [0.717, 1.165) is 19.4 Å². The monoisotopic (exact) mass is 422 g/mol. The van der Waals surface area contributed by atoms with E-state index in [-0.39, 0.29) is 17.9 Å². The average molecular weight is 423 g/mol. The normalized spacial score (nSPS) is 22.1. The third-order valence-corrected chi connectivity index (χ3v) is 5.79. The molecule has 148 valence electrons. The van der Waals surface area contributed by atoms with Gasteiger partial charge in [0.15, 0.2) is 0 Å². The molecule has 3 heterocycles. The van der Waals surface area contributed by atoms with Crippen LogP contribution in [0.3, 0.4) is 0 Å². The fourth-order valence-corrected chi connectivity index (χ4v) is 3.88. The van der Waals surface area contributed by atoms with Crippen molar-refractivity contribution >= 4 is 46.4 Å². The van der Waals surface area contributed by atoms with E-state index in [0.29, 0.717) is 40.9 Å². The highest BCUT2D eigenvalue weighted by molar-refractivity contribution is 6.42. The first kappa shape index (κ1) is 19.2. The van der Waals surface area contributed by atoms with Crippen molar-refractivity contribution in [2.45, 2.75) is 31.9 Å².